The SMILES string of the molecule is CC[C@]1(c2cnc[nH]2)Cc2cc(Cl)c([N+](=O)[O-])cc2C1. The van der Waals surface area contributed by atoms with Gasteiger partial charge in [0.2, 0.25) is 0 Å². The summed E-state index contributed by atoms with van der Waals surface area (Å²) in [5.41, 5.74) is 3.11. The van der Waals surface area contributed by atoms with E-state index in [9.17, 15) is 10.1 Å². The van der Waals surface area contributed by atoms with Crippen LogP contribution in [0.2, 0.25) is 5.02 Å². The van der Waals surface area contributed by atoms with E-state index in [0.717, 1.165) is 36.1 Å². The van der Waals surface area contributed by atoms with E-state index in [2.05, 4.69) is 16.9 Å². The van der Waals surface area contributed by atoms with Gasteiger partial charge >= 0.3 is 0 Å². The zero-order valence-electron chi connectivity index (χ0n) is 11.0. The van der Waals surface area contributed by atoms with Crippen LogP contribution in [0.15, 0.2) is 24.7 Å². The van der Waals surface area contributed by atoms with Gasteiger partial charge in [0.15, 0.2) is 0 Å². The minimum Gasteiger partial charge on any atom is -0.348 e. The van der Waals surface area contributed by atoms with Gasteiger partial charge < -0.3 is 4.98 Å². The number of aromatic amines is 1. The quantitative estimate of drug-likeness (QED) is 0.695. The van der Waals surface area contributed by atoms with E-state index in [1.54, 1.807) is 18.5 Å². The van der Waals surface area contributed by atoms with Crippen molar-refractivity contribution in [2.24, 2.45) is 0 Å². The molecular formula is C14H14ClN3O2. The summed E-state index contributed by atoms with van der Waals surface area (Å²) in [7, 11) is 0. The molecule has 5 nitrogen and oxygen atoms in total. The molecule has 2 aromatic rings. The Balaban J connectivity index is 2.05. The van der Waals surface area contributed by atoms with Crippen molar-refractivity contribution < 1.29 is 4.92 Å². The van der Waals surface area contributed by atoms with Crippen molar-refractivity contribution >= 4 is 17.3 Å². The number of halogens is 1. The van der Waals surface area contributed by atoms with Crippen LogP contribution in [0.3, 0.4) is 0 Å². The number of rotatable bonds is 3. The number of hydrogen-bond donors (Lipinski definition) is 1. The second-order valence-corrected chi connectivity index (χ2v) is 5.69. The Labute approximate surface area is 121 Å². The van der Waals surface area contributed by atoms with Crippen molar-refractivity contribution in [1.82, 2.24) is 9.97 Å². The topological polar surface area (TPSA) is 71.8 Å². The average Bonchev–Trinajstić information content (AvgIpc) is 3.04. The molecule has 0 fully saturated rings. The Hall–Kier alpha value is -1.88. The predicted molar refractivity (Wildman–Crippen MR) is 76.1 cm³/mol. The summed E-state index contributed by atoms with van der Waals surface area (Å²) in [6.07, 6.45) is 6.06. The molecule has 0 spiro atoms. The van der Waals surface area contributed by atoms with E-state index in [-0.39, 0.29) is 16.1 Å². The smallest absolute Gasteiger partial charge is 0.288 e. The monoisotopic (exact) mass is 291 g/mol. The predicted octanol–water partition coefficient (Wildman–Crippen LogP) is 3.42. The lowest BCUT2D eigenvalue weighted by Gasteiger charge is -2.25. The number of nitrogens with zero attached hydrogens (tertiary/aromatic N) is 2. The second kappa shape index (κ2) is 4.59. The number of nitrogens with one attached hydrogen (secondary N) is 1. The number of hydrogen-bond acceptors (Lipinski definition) is 3. The number of aromatic nitrogens is 2. The van der Waals surface area contributed by atoms with Gasteiger partial charge in [-0.05, 0) is 36.5 Å². The van der Waals surface area contributed by atoms with Crippen LogP contribution < -0.4 is 0 Å². The first kappa shape index (κ1) is 13.1. The van der Waals surface area contributed by atoms with Crippen LogP contribution in [0.4, 0.5) is 5.69 Å². The third-order valence-corrected chi connectivity index (χ3v) is 4.57. The van der Waals surface area contributed by atoms with Gasteiger partial charge in [0.05, 0.1) is 11.3 Å². The van der Waals surface area contributed by atoms with E-state index >= 15 is 0 Å². The summed E-state index contributed by atoms with van der Waals surface area (Å²) in [6.45, 7) is 2.13. The number of fused-ring (bicyclic) bond motifs is 1. The van der Waals surface area contributed by atoms with Gasteiger partial charge in [-0.3, -0.25) is 10.1 Å². The van der Waals surface area contributed by atoms with Gasteiger partial charge in [0, 0.05) is 23.4 Å². The summed E-state index contributed by atoms with van der Waals surface area (Å²) in [6, 6.07) is 3.36. The number of nitro groups is 1. The molecule has 0 bridgehead atoms. The summed E-state index contributed by atoms with van der Waals surface area (Å²) in [4.78, 5) is 17.8. The molecule has 1 aliphatic carbocycles. The van der Waals surface area contributed by atoms with Gasteiger partial charge in [0.1, 0.15) is 5.02 Å². The van der Waals surface area contributed by atoms with Crippen molar-refractivity contribution in [2.45, 2.75) is 31.6 Å². The van der Waals surface area contributed by atoms with Crippen molar-refractivity contribution in [1.29, 1.82) is 0 Å². The highest BCUT2D eigenvalue weighted by atomic mass is 35.5. The van der Waals surface area contributed by atoms with Gasteiger partial charge in [-0.25, -0.2) is 4.98 Å². The third-order valence-electron chi connectivity index (χ3n) is 4.27. The molecule has 3 rings (SSSR count). The van der Waals surface area contributed by atoms with Crippen LogP contribution in [-0.2, 0) is 18.3 Å². The molecule has 1 N–H and O–H groups in total. The van der Waals surface area contributed by atoms with E-state index < -0.39 is 4.92 Å². The van der Waals surface area contributed by atoms with E-state index in [1.165, 1.54) is 0 Å². The van der Waals surface area contributed by atoms with Gasteiger partial charge in [-0.15, -0.1) is 0 Å². The molecular weight excluding hydrogens is 278 g/mol. The lowest BCUT2D eigenvalue weighted by atomic mass is 9.79. The number of benzene rings is 1. The molecule has 104 valence electrons. The number of nitro benzene ring substituents is 1. The highest BCUT2D eigenvalue weighted by Crippen LogP contribution is 2.44. The highest BCUT2D eigenvalue weighted by Gasteiger charge is 2.39. The molecule has 0 saturated carbocycles. The van der Waals surface area contributed by atoms with E-state index in [1.807, 2.05) is 6.20 Å². The van der Waals surface area contributed by atoms with Crippen LogP contribution in [0.25, 0.3) is 0 Å². The fourth-order valence-corrected chi connectivity index (χ4v) is 3.34. The Kier molecular flexibility index (Phi) is 3.01. The minimum atomic E-state index is -0.426. The lowest BCUT2D eigenvalue weighted by Crippen LogP contribution is -2.26. The van der Waals surface area contributed by atoms with Crippen molar-refractivity contribution in [3.05, 3.63) is 56.6 Å². The molecule has 0 aliphatic heterocycles. The van der Waals surface area contributed by atoms with Gasteiger partial charge in [-0.2, -0.15) is 0 Å². The average molecular weight is 292 g/mol. The van der Waals surface area contributed by atoms with E-state index in [4.69, 9.17) is 11.6 Å². The summed E-state index contributed by atoms with van der Waals surface area (Å²) in [5, 5.41) is 11.2. The maximum Gasteiger partial charge on any atom is 0.288 e. The fourth-order valence-electron chi connectivity index (χ4n) is 3.08. The van der Waals surface area contributed by atoms with Crippen molar-refractivity contribution in [3.63, 3.8) is 0 Å². The molecule has 0 amide bonds. The molecule has 1 atom stereocenters. The van der Waals surface area contributed by atoms with Gasteiger partial charge in [-0.1, -0.05) is 18.5 Å². The standard InChI is InChI=1S/C14H14ClN3O2/c1-2-14(13-7-16-8-17-13)5-9-3-11(15)12(18(19)20)4-10(9)6-14/h3-4,7-8H,2,5-6H2,1H3,(H,16,17)/t14-/m0/s1. The first-order valence-corrected chi connectivity index (χ1v) is 6.88. The Morgan fingerprint density at radius 3 is 2.70 bits per heavy atom. The molecule has 1 aromatic carbocycles. The number of imidazole rings is 1. The maximum absolute atomic E-state index is 11.0. The van der Waals surface area contributed by atoms with Crippen molar-refractivity contribution in [2.75, 3.05) is 0 Å². The molecule has 0 radical (unpaired) electrons. The largest absolute Gasteiger partial charge is 0.348 e. The van der Waals surface area contributed by atoms with Gasteiger partial charge in [0.25, 0.3) is 5.69 Å². The number of H-pyrrole nitrogens is 1. The molecule has 1 heterocycles. The van der Waals surface area contributed by atoms with Crippen molar-refractivity contribution in [3.8, 4) is 0 Å². The zero-order chi connectivity index (χ0) is 14.3. The van der Waals surface area contributed by atoms with Crippen LogP contribution in [0, 0.1) is 10.1 Å². The molecule has 1 aromatic heterocycles. The van der Waals surface area contributed by atoms with Crippen LogP contribution in [-0.4, -0.2) is 14.9 Å². The molecule has 0 saturated heterocycles. The summed E-state index contributed by atoms with van der Waals surface area (Å²) >= 11 is 6.00. The Bertz CT molecular complexity index is 669. The Morgan fingerprint density at radius 2 is 2.15 bits per heavy atom. The zero-order valence-corrected chi connectivity index (χ0v) is 11.8. The minimum absolute atomic E-state index is 0.0121. The fraction of sp³-hybridized carbons (Fsp3) is 0.357. The van der Waals surface area contributed by atoms with E-state index in [0.29, 0.717) is 0 Å². The molecule has 1 aliphatic rings. The molecule has 20 heavy (non-hydrogen) atoms. The first-order valence-electron chi connectivity index (χ1n) is 6.50. The summed E-state index contributed by atoms with van der Waals surface area (Å²) < 4.78 is 0. The Morgan fingerprint density at radius 1 is 1.45 bits per heavy atom. The summed E-state index contributed by atoms with van der Waals surface area (Å²) in [5.74, 6) is 0. The van der Waals surface area contributed by atoms with Crippen LogP contribution in [0.5, 0.6) is 0 Å². The second-order valence-electron chi connectivity index (χ2n) is 5.28. The van der Waals surface area contributed by atoms with Crippen LogP contribution >= 0.6 is 11.6 Å². The maximum atomic E-state index is 11.0. The first-order chi connectivity index (χ1) is 9.55. The highest BCUT2D eigenvalue weighted by molar-refractivity contribution is 6.32. The van der Waals surface area contributed by atoms with Crippen LogP contribution in [0.1, 0.15) is 30.2 Å². The lowest BCUT2D eigenvalue weighted by molar-refractivity contribution is -0.384. The normalized spacial score (nSPS) is 20.9. The molecule has 0 unspecified atom stereocenters. The molecule has 6 heteroatoms. The third kappa shape index (κ3) is 1.89.